The van der Waals surface area contributed by atoms with Gasteiger partial charge in [0.05, 0.1) is 18.4 Å². The molecule has 2 heterocycles. The lowest BCUT2D eigenvalue weighted by atomic mass is 9.96. The standard InChI is InChI=1S/C25H27FN4O3S2/c1-3-14-30-22(16-10-12-17(26)13-11-16)28-29-25(30)34-15-20(31)27-23-21(24(32)33-2)18-8-6-4-5-7-9-19(18)35-23/h3,10-13H,1,4-9,14-15H2,2H3,(H,27,31). The van der Waals surface area contributed by atoms with Crippen molar-refractivity contribution in [1.29, 1.82) is 0 Å². The van der Waals surface area contributed by atoms with Crippen LogP contribution in [0.15, 0.2) is 42.1 Å². The van der Waals surface area contributed by atoms with Gasteiger partial charge in [-0.3, -0.25) is 9.36 Å². The molecule has 1 amide bonds. The Morgan fingerprint density at radius 3 is 2.66 bits per heavy atom. The van der Waals surface area contributed by atoms with Crippen molar-refractivity contribution < 1.29 is 18.7 Å². The summed E-state index contributed by atoms with van der Waals surface area (Å²) in [5, 5.41) is 12.5. The number of methoxy groups -OCH3 is 1. The molecule has 0 spiro atoms. The van der Waals surface area contributed by atoms with E-state index in [-0.39, 0.29) is 17.5 Å². The molecule has 7 nitrogen and oxygen atoms in total. The molecule has 1 aliphatic carbocycles. The lowest BCUT2D eigenvalue weighted by molar-refractivity contribution is -0.113. The Hall–Kier alpha value is -2.98. The quantitative estimate of drug-likeness (QED) is 0.242. The number of ether oxygens (including phenoxy) is 1. The van der Waals surface area contributed by atoms with E-state index in [9.17, 15) is 14.0 Å². The smallest absolute Gasteiger partial charge is 0.341 e. The number of nitrogens with one attached hydrogen (secondary N) is 1. The molecule has 1 aliphatic rings. The average Bonchev–Trinajstić information content (AvgIpc) is 3.38. The molecule has 1 N–H and O–H groups in total. The number of nitrogens with zero attached hydrogens (tertiary/aromatic N) is 3. The topological polar surface area (TPSA) is 86.1 Å². The van der Waals surface area contributed by atoms with Crippen molar-refractivity contribution in [3.63, 3.8) is 0 Å². The average molecular weight is 515 g/mol. The number of benzene rings is 1. The zero-order valence-corrected chi connectivity index (χ0v) is 21.1. The van der Waals surface area contributed by atoms with Crippen molar-refractivity contribution in [3.05, 3.63) is 58.7 Å². The van der Waals surface area contributed by atoms with Gasteiger partial charge in [0.15, 0.2) is 11.0 Å². The number of aromatic nitrogens is 3. The second-order valence-corrected chi connectivity index (χ2v) is 10.2. The number of thioether (sulfide) groups is 1. The van der Waals surface area contributed by atoms with Gasteiger partial charge in [-0.05, 0) is 55.5 Å². The maximum atomic E-state index is 13.3. The summed E-state index contributed by atoms with van der Waals surface area (Å²) in [5.41, 5.74) is 2.22. The number of carbonyl (C=O) groups is 2. The lowest BCUT2D eigenvalue weighted by Gasteiger charge is -2.11. The SMILES string of the molecule is C=CCn1c(SCC(=O)Nc2sc3c(c2C(=O)OC)CCCCCC3)nnc1-c1ccc(F)cc1. The van der Waals surface area contributed by atoms with Crippen molar-refractivity contribution >= 4 is 40.0 Å². The van der Waals surface area contributed by atoms with E-state index in [0.29, 0.717) is 28.1 Å². The molecule has 4 rings (SSSR count). The number of carbonyl (C=O) groups excluding carboxylic acids is 2. The highest BCUT2D eigenvalue weighted by molar-refractivity contribution is 7.99. The molecule has 3 aromatic rings. The summed E-state index contributed by atoms with van der Waals surface area (Å²) >= 11 is 2.71. The van der Waals surface area contributed by atoms with Crippen LogP contribution in [0.4, 0.5) is 9.39 Å². The van der Waals surface area contributed by atoms with E-state index < -0.39 is 5.97 Å². The highest BCUT2D eigenvalue weighted by Crippen LogP contribution is 2.37. The van der Waals surface area contributed by atoms with E-state index in [4.69, 9.17) is 4.74 Å². The minimum Gasteiger partial charge on any atom is -0.465 e. The molecule has 0 saturated carbocycles. The number of anilines is 1. The number of allylic oxidation sites excluding steroid dienone is 1. The number of halogens is 1. The maximum absolute atomic E-state index is 13.3. The van der Waals surface area contributed by atoms with Gasteiger partial charge in [0.25, 0.3) is 0 Å². The summed E-state index contributed by atoms with van der Waals surface area (Å²) in [4.78, 5) is 26.6. The Bertz CT molecular complexity index is 1220. The first-order valence-electron chi connectivity index (χ1n) is 11.5. The highest BCUT2D eigenvalue weighted by Gasteiger charge is 2.26. The summed E-state index contributed by atoms with van der Waals surface area (Å²) in [6.45, 7) is 4.23. The van der Waals surface area contributed by atoms with Crippen molar-refractivity contribution in [3.8, 4) is 11.4 Å². The molecule has 0 saturated heterocycles. The number of hydrogen-bond donors (Lipinski definition) is 1. The third-order valence-corrected chi connectivity index (χ3v) is 7.95. The fourth-order valence-electron chi connectivity index (χ4n) is 4.12. The predicted molar refractivity (Wildman–Crippen MR) is 137 cm³/mol. The van der Waals surface area contributed by atoms with Crippen molar-refractivity contribution in [2.75, 3.05) is 18.2 Å². The first-order valence-corrected chi connectivity index (χ1v) is 13.3. The second-order valence-electron chi connectivity index (χ2n) is 8.16. The van der Waals surface area contributed by atoms with E-state index >= 15 is 0 Å². The third kappa shape index (κ3) is 5.82. The van der Waals surface area contributed by atoms with E-state index in [1.54, 1.807) is 18.2 Å². The van der Waals surface area contributed by atoms with Gasteiger partial charge in [0.2, 0.25) is 5.91 Å². The first-order chi connectivity index (χ1) is 17.0. The van der Waals surface area contributed by atoms with E-state index in [2.05, 4.69) is 22.1 Å². The summed E-state index contributed by atoms with van der Waals surface area (Å²) in [6, 6.07) is 6.01. The molecule has 35 heavy (non-hydrogen) atoms. The molecule has 10 heteroatoms. The Morgan fingerprint density at radius 1 is 1.20 bits per heavy atom. The van der Waals surface area contributed by atoms with Crippen LogP contribution in [0.1, 0.15) is 46.5 Å². The molecule has 0 unspecified atom stereocenters. The van der Waals surface area contributed by atoms with Gasteiger partial charge in [-0.1, -0.05) is 30.7 Å². The molecule has 2 aromatic heterocycles. The van der Waals surface area contributed by atoms with Crippen LogP contribution in [-0.4, -0.2) is 39.5 Å². The zero-order chi connectivity index (χ0) is 24.8. The Kier molecular flexibility index (Phi) is 8.35. The minimum atomic E-state index is -0.416. The fraction of sp³-hybridized carbons (Fsp3) is 0.360. The zero-order valence-electron chi connectivity index (χ0n) is 19.5. The van der Waals surface area contributed by atoms with E-state index in [1.165, 1.54) is 48.8 Å². The molecule has 0 fully saturated rings. The fourth-order valence-corrected chi connectivity index (χ4v) is 6.16. The number of amides is 1. The molecular weight excluding hydrogens is 487 g/mol. The molecular formula is C25H27FN4O3S2. The maximum Gasteiger partial charge on any atom is 0.341 e. The summed E-state index contributed by atoms with van der Waals surface area (Å²) in [6.07, 6.45) is 7.85. The van der Waals surface area contributed by atoms with Crippen LogP contribution in [0.5, 0.6) is 0 Å². The number of esters is 1. The van der Waals surface area contributed by atoms with E-state index in [0.717, 1.165) is 48.1 Å². The summed E-state index contributed by atoms with van der Waals surface area (Å²) < 4.78 is 20.2. The molecule has 0 aliphatic heterocycles. The number of hydrogen-bond acceptors (Lipinski definition) is 7. The summed E-state index contributed by atoms with van der Waals surface area (Å²) in [5.74, 6) is -0.338. The van der Waals surface area contributed by atoms with Crippen LogP contribution in [0.3, 0.4) is 0 Å². The van der Waals surface area contributed by atoms with Crippen LogP contribution in [0, 0.1) is 5.82 Å². The number of fused-ring (bicyclic) bond motifs is 1. The van der Waals surface area contributed by atoms with Crippen LogP contribution >= 0.6 is 23.1 Å². The number of aryl methyl sites for hydroxylation is 1. The Labute approximate surface area is 211 Å². The molecule has 184 valence electrons. The van der Waals surface area contributed by atoms with E-state index in [1.807, 2.05) is 4.57 Å². The first kappa shape index (κ1) is 25.1. The summed E-state index contributed by atoms with van der Waals surface area (Å²) in [7, 11) is 1.36. The van der Waals surface area contributed by atoms with Crippen molar-refractivity contribution in [2.24, 2.45) is 0 Å². The van der Waals surface area contributed by atoms with Gasteiger partial charge in [0, 0.05) is 17.0 Å². The molecule has 0 radical (unpaired) electrons. The third-order valence-electron chi connectivity index (χ3n) is 5.78. The highest BCUT2D eigenvalue weighted by atomic mass is 32.2. The number of thiophene rings is 1. The predicted octanol–water partition coefficient (Wildman–Crippen LogP) is 5.51. The van der Waals surface area contributed by atoms with Gasteiger partial charge in [-0.25, -0.2) is 9.18 Å². The van der Waals surface area contributed by atoms with Gasteiger partial charge in [0.1, 0.15) is 10.8 Å². The molecule has 0 bridgehead atoms. The van der Waals surface area contributed by atoms with Gasteiger partial charge >= 0.3 is 5.97 Å². The monoisotopic (exact) mass is 514 g/mol. The largest absolute Gasteiger partial charge is 0.465 e. The van der Waals surface area contributed by atoms with Crippen LogP contribution in [0.2, 0.25) is 0 Å². The second kappa shape index (κ2) is 11.6. The normalized spacial score (nSPS) is 13.4. The van der Waals surface area contributed by atoms with Crippen molar-refractivity contribution in [2.45, 2.75) is 50.2 Å². The lowest BCUT2D eigenvalue weighted by Crippen LogP contribution is -2.17. The van der Waals surface area contributed by atoms with Crippen LogP contribution in [-0.2, 0) is 28.9 Å². The van der Waals surface area contributed by atoms with Crippen LogP contribution < -0.4 is 5.32 Å². The Morgan fingerprint density at radius 2 is 1.94 bits per heavy atom. The number of rotatable bonds is 8. The molecule has 1 aromatic carbocycles. The van der Waals surface area contributed by atoms with Gasteiger partial charge in [-0.15, -0.1) is 28.1 Å². The van der Waals surface area contributed by atoms with Crippen molar-refractivity contribution in [1.82, 2.24) is 14.8 Å². The van der Waals surface area contributed by atoms with Gasteiger partial charge < -0.3 is 10.1 Å². The van der Waals surface area contributed by atoms with Gasteiger partial charge in [-0.2, -0.15) is 0 Å². The van der Waals surface area contributed by atoms with Crippen LogP contribution in [0.25, 0.3) is 11.4 Å². The Balaban J connectivity index is 1.51. The minimum absolute atomic E-state index is 0.0852. The molecule has 0 atom stereocenters.